The van der Waals surface area contributed by atoms with Crippen LogP contribution < -0.4 is 35.9 Å². The number of halogens is 8. The van der Waals surface area contributed by atoms with Crippen molar-refractivity contribution < 1.29 is 60.0 Å². The van der Waals surface area contributed by atoms with Gasteiger partial charge in [0.1, 0.15) is 53.4 Å². The van der Waals surface area contributed by atoms with Crippen LogP contribution in [0.3, 0.4) is 0 Å². The molecule has 75 heavy (non-hydrogen) atoms. The summed E-state index contributed by atoms with van der Waals surface area (Å²) >= 11 is 9.53. The lowest BCUT2D eigenvalue weighted by Gasteiger charge is -2.13. The van der Waals surface area contributed by atoms with Gasteiger partial charge in [0.15, 0.2) is 0 Å². The average Bonchev–Trinajstić information content (AvgIpc) is 4.30. The van der Waals surface area contributed by atoms with Gasteiger partial charge in [0.25, 0.3) is 5.91 Å². The normalized spacial score (nSPS) is 13.1. The molecule has 398 valence electrons. The first kappa shape index (κ1) is 57.8. The third-order valence-corrected chi connectivity index (χ3v) is 10.1. The number of hydrogen-bond donors (Lipinski definition) is 5. The van der Waals surface area contributed by atoms with Crippen LogP contribution in [-0.4, -0.2) is 108 Å². The zero-order chi connectivity index (χ0) is 54.7. The Kier molecular flexibility index (Phi) is 21.5. The number of aromatic nitrogens is 8. The molecule has 3 saturated carbocycles. The summed E-state index contributed by atoms with van der Waals surface area (Å²) in [5.41, 5.74) is 10.5. The molecule has 0 atom stereocenters. The van der Waals surface area contributed by atoms with Crippen LogP contribution in [0, 0.1) is 17.5 Å². The molecule has 4 aromatic heterocycles. The van der Waals surface area contributed by atoms with Crippen LogP contribution in [0.4, 0.5) is 49.1 Å². The fourth-order valence-corrected chi connectivity index (χ4v) is 6.34. The summed E-state index contributed by atoms with van der Waals surface area (Å²) in [4.78, 5) is 59.1. The summed E-state index contributed by atoms with van der Waals surface area (Å²) < 4.78 is 88.0. The highest BCUT2D eigenvalue weighted by atomic mass is 35.5. The maximum absolute atomic E-state index is 13.6. The highest BCUT2D eigenvalue weighted by molar-refractivity contribution is 6.40. The Balaban J connectivity index is 0.000000181. The molecule has 19 nitrogen and oxygen atoms in total. The number of ether oxygens (including phenoxy) is 3. The summed E-state index contributed by atoms with van der Waals surface area (Å²) in [5.74, 6) is -0.899. The minimum Gasteiger partial charge on any atom is -0.480 e. The Hall–Kier alpha value is -8.06. The summed E-state index contributed by atoms with van der Waals surface area (Å²) in [5, 5.41) is 17.8. The van der Waals surface area contributed by atoms with Crippen LogP contribution in [0.2, 0.25) is 0 Å². The van der Waals surface area contributed by atoms with E-state index in [-0.39, 0.29) is 45.7 Å². The minimum absolute atomic E-state index is 0.0324. The minimum atomic E-state index is -4.64. The number of imidazole rings is 1. The van der Waals surface area contributed by atoms with Gasteiger partial charge in [-0.05, 0) is 93.1 Å². The summed E-state index contributed by atoms with van der Waals surface area (Å²) in [6.07, 6.45) is 9.07. The summed E-state index contributed by atoms with van der Waals surface area (Å²) in [7, 11) is 4.35. The monoisotopic (exact) mass is 1090 g/mol. The first-order valence-electron chi connectivity index (χ1n) is 22.2. The molecule has 7 aromatic rings. The molecule has 0 spiro atoms. The lowest BCUT2D eigenvalue weighted by atomic mass is 10.2. The molecular formula is C48H48Cl2F6N12O7. The van der Waals surface area contributed by atoms with Crippen molar-refractivity contribution in [2.45, 2.75) is 62.8 Å². The number of anilines is 4. The van der Waals surface area contributed by atoms with Crippen molar-refractivity contribution in [3.05, 3.63) is 121 Å². The van der Waals surface area contributed by atoms with Crippen molar-refractivity contribution in [3.63, 3.8) is 0 Å². The molecule has 4 heterocycles. The van der Waals surface area contributed by atoms with Crippen molar-refractivity contribution in [1.29, 1.82) is 0 Å². The van der Waals surface area contributed by atoms with Crippen molar-refractivity contribution in [2.24, 2.45) is 0 Å². The third-order valence-electron chi connectivity index (χ3n) is 10.1. The second-order valence-electron chi connectivity index (χ2n) is 15.8. The van der Waals surface area contributed by atoms with Gasteiger partial charge in [0.05, 0.1) is 66.0 Å². The molecule has 0 radical (unpaired) electrons. The van der Waals surface area contributed by atoms with E-state index in [1.807, 2.05) is 0 Å². The standard InChI is InChI=1S/C15H15FN4O2.C15H13FN4O.C9H11FN2.C6H6N2O3.C2HF3O.CH2Cl2/c1-22-15-11(7-17-8-18-15)14(21)20-12-5-2-9(16)6-13(12)19-10-3-4-10;1-21-15-11(7-17-8-18-15)14-19-12-5-2-9(16)6-13(12)20(14)10-3-4-10;10-6-1-4-8(11)9(5-6)12-7-2-3-7;1-11-5-4(6(9)10)2-7-3-8-5;3-2(4,5)1-6;2-1-3/h2,5-8,10,19H,3-4H2,1H3,(H,20,21);2,5-8,10H,3-4H2,1H3;1,4-5,7,12H,2-3,11H2;2-3H,1H3,(H,9,10);1H;1H2. The number of amides is 1. The second kappa shape index (κ2) is 27.8. The van der Waals surface area contributed by atoms with Crippen LogP contribution in [0.15, 0.2) is 92.2 Å². The van der Waals surface area contributed by atoms with E-state index in [1.54, 1.807) is 25.4 Å². The average molecular weight is 1090 g/mol. The van der Waals surface area contributed by atoms with Crippen molar-refractivity contribution in [1.82, 2.24) is 39.5 Å². The molecule has 1 amide bonds. The van der Waals surface area contributed by atoms with Crippen LogP contribution in [0.25, 0.3) is 22.4 Å². The van der Waals surface area contributed by atoms with Crippen molar-refractivity contribution in [3.8, 4) is 29.0 Å². The SMILES string of the molecule is COc1ncncc1-c1nc2ccc(F)cc2n1C1CC1.COc1ncncc1C(=O)Nc1ccc(F)cc1NC1CC1.COc1ncncc1C(=O)O.ClCCl.Nc1ccc(F)cc1NC1CC1.O=CC(F)(F)F. The molecule has 3 aliphatic rings. The smallest absolute Gasteiger partial charge is 0.446 e. The molecule has 0 bridgehead atoms. The van der Waals surface area contributed by atoms with E-state index >= 15 is 0 Å². The van der Waals surface area contributed by atoms with E-state index in [9.17, 15) is 35.9 Å². The summed E-state index contributed by atoms with van der Waals surface area (Å²) in [6.45, 7) is 0. The lowest BCUT2D eigenvalue weighted by Crippen LogP contribution is -2.16. The number of carbonyl (C=O) groups is 3. The van der Waals surface area contributed by atoms with E-state index < -0.39 is 24.3 Å². The number of rotatable bonds is 12. The molecule has 0 aliphatic heterocycles. The maximum Gasteiger partial charge on any atom is 0.446 e. The number of aldehydes is 1. The van der Waals surface area contributed by atoms with Crippen molar-refractivity contribution >= 4 is 75.1 Å². The number of nitrogens with zero attached hydrogens (tertiary/aromatic N) is 8. The Morgan fingerprint density at radius 3 is 1.72 bits per heavy atom. The molecule has 10 rings (SSSR count). The topological polar surface area (TPSA) is 256 Å². The van der Waals surface area contributed by atoms with Crippen LogP contribution in [0.1, 0.15) is 65.3 Å². The van der Waals surface area contributed by atoms with E-state index in [4.69, 9.17) is 48.3 Å². The number of nitrogen functional groups attached to an aromatic ring is 1. The number of benzene rings is 3. The molecule has 0 unspecified atom stereocenters. The number of carboxylic acid groups (broad SMARTS) is 1. The molecular weight excluding hydrogens is 1040 g/mol. The number of nitrogens with one attached hydrogen (secondary N) is 3. The number of alkyl halides is 5. The highest BCUT2D eigenvalue weighted by Gasteiger charge is 2.30. The van der Waals surface area contributed by atoms with Gasteiger partial charge in [-0.2, -0.15) is 13.2 Å². The Morgan fingerprint density at radius 2 is 1.20 bits per heavy atom. The van der Waals surface area contributed by atoms with E-state index in [0.29, 0.717) is 41.1 Å². The van der Waals surface area contributed by atoms with Gasteiger partial charge in [-0.15, -0.1) is 23.2 Å². The number of fused-ring (bicyclic) bond motifs is 1. The number of aromatic carboxylic acids is 1. The first-order chi connectivity index (χ1) is 35.9. The molecule has 3 aliphatic carbocycles. The van der Waals surface area contributed by atoms with Gasteiger partial charge in [0, 0.05) is 36.7 Å². The Bertz CT molecular complexity index is 3020. The predicted octanol–water partition coefficient (Wildman–Crippen LogP) is 9.76. The van der Waals surface area contributed by atoms with Gasteiger partial charge in [-0.3, -0.25) is 9.59 Å². The largest absolute Gasteiger partial charge is 0.480 e. The number of nitrogens with two attached hydrogens (primary N) is 1. The van der Waals surface area contributed by atoms with E-state index in [1.165, 1.54) is 88.1 Å². The van der Waals surface area contributed by atoms with E-state index in [0.717, 1.165) is 66.6 Å². The Morgan fingerprint density at radius 1 is 0.720 bits per heavy atom. The number of hydrogen-bond acceptors (Lipinski definition) is 16. The quantitative estimate of drug-likeness (QED) is 0.0330. The highest BCUT2D eigenvalue weighted by Crippen LogP contribution is 2.42. The molecule has 0 saturated heterocycles. The number of methoxy groups -OCH3 is 3. The van der Waals surface area contributed by atoms with Gasteiger partial charge in [0.2, 0.25) is 23.9 Å². The molecule has 3 fully saturated rings. The Labute approximate surface area is 434 Å². The van der Waals surface area contributed by atoms with Crippen LogP contribution in [-0.2, 0) is 4.79 Å². The number of carbonyl (C=O) groups excluding carboxylic acids is 2. The van der Waals surface area contributed by atoms with Crippen LogP contribution in [0.5, 0.6) is 17.6 Å². The third kappa shape index (κ3) is 18.1. The molecule has 27 heteroatoms. The second-order valence-corrected chi connectivity index (χ2v) is 16.6. The zero-order valence-electron chi connectivity index (χ0n) is 40.0. The number of carboxylic acids is 1. The van der Waals surface area contributed by atoms with Crippen molar-refractivity contribution in [2.75, 3.05) is 48.4 Å². The molecule has 6 N–H and O–H groups in total. The molecule has 3 aromatic carbocycles. The summed E-state index contributed by atoms with van der Waals surface area (Å²) in [6, 6.07) is 14.4. The predicted molar refractivity (Wildman–Crippen MR) is 267 cm³/mol. The van der Waals surface area contributed by atoms with Gasteiger partial charge < -0.3 is 45.6 Å². The maximum atomic E-state index is 13.6. The fourth-order valence-electron chi connectivity index (χ4n) is 6.34. The fraction of sp³-hybridized carbons (Fsp3) is 0.292. The first-order valence-corrected chi connectivity index (χ1v) is 23.3. The lowest BCUT2D eigenvalue weighted by molar-refractivity contribution is -0.156. The van der Waals surface area contributed by atoms with Gasteiger partial charge >= 0.3 is 12.1 Å². The zero-order valence-corrected chi connectivity index (χ0v) is 41.5. The van der Waals surface area contributed by atoms with E-state index in [2.05, 4.69) is 60.1 Å². The van der Waals surface area contributed by atoms with Gasteiger partial charge in [-0.1, -0.05) is 0 Å². The van der Waals surface area contributed by atoms with Crippen LogP contribution >= 0.6 is 23.2 Å². The van der Waals surface area contributed by atoms with Gasteiger partial charge in [-0.25, -0.2) is 52.9 Å².